The van der Waals surface area contributed by atoms with Gasteiger partial charge in [-0.1, -0.05) is 36.8 Å². The minimum atomic E-state index is 0.515. The average Bonchev–Trinajstić information content (AvgIpc) is 2.82. The number of benzene rings is 1. The molecule has 0 aliphatic heterocycles. The molecule has 0 aliphatic rings. The van der Waals surface area contributed by atoms with E-state index in [1.165, 1.54) is 0 Å². The molecule has 0 saturated heterocycles. The highest BCUT2D eigenvalue weighted by Gasteiger charge is 2.03. The summed E-state index contributed by atoms with van der Waals surface area (Å²) in [4.78, 5) is 0. The smallest absolute Gasteiger partial charge is 0.132 e. The van der Waals surface area contributed by atoms with E-state index < -0.39 is 0 Å². The molecule has 1 aromatic carbocycles. The van der Waals surface area contributed by atoms with Gasteiger partial charge >= 0.3 is 0 Å². The molecular formula is C13H17N3O. The molecule has 1 aromatic heterocycles. The first-order valence-corrected chi connectivity index (χ1v) is 5.95. The van der Waals surface area contributed by atoms with Crippen LogP contribution in [0.5, 0.6) is 5.75 Å². The number of nitrogens with zero attached hydrogens (tertiary/aromatic N) is 3. The normalized spacial score (nSPS) is 10.4. The monoisotopic (exact) mass is 231 g/mol. The molecule has 4 heteroatoms. The van der Waals surface area contributed by atoms with E-state index in [-0.39, 0.29) is 0 Å². The van der Waals surface area contributed by atoms with Crippen LogP contribution in [-0.2, 0) is 13.2 Å². The first kappa shape index (κ1) is 11.6. The molecule has 0 N–H and O–H groups in total. The van der Waals surface area contributed by atoms with Crippen LogP contribution < -0.4 is 4.74 Å². The Labute approximate surface area is 101 Å². The molecule has 90 valence electrons. The first-order chi connectivity index (χ1) is 8.40. The van der Waals surface area contributed by atoms with Gasteiger partial charge in [-0.25, -0.2) is 4.68 Å². The minimum absolute atomic E-state index is 0.515. The molecule has 0 saturated carbocycles. The number of aromatic nitrogens is 3. The minimum Gasteiger partial charge on any atom is -0.487 e. The third kappa shape index (κ3) is 3.31. The predicted octanol–water partition coefficient (Wildman–Crippen LogP) is 2.66. The molecule has 0 unspecified atom stereocenters. The van der Waals surface area contributed by atoms with Crippen LogP contribution in [0.1, 0.15) is 25.5 Å². The summed E-state index contributed by atoms with van der Waals surface area (Å²) in [5.41, 5.74) is 1.02. The van der Waals surface area contributed by atoms with Crippen molar-refractivity contribution in [3.8, 4) is 5.75 Å². The topological polar surface area (TPSA) is 39.9 Å². The Morgan fingerprint density at radius 3 is 2.82 bits per heavy atom. The second-order valence-electron chi connectivity index (χ2n) is 3.90. The van der Waals surface area contributed by atoms with Crippen molar-refractivity contribution in [3.05, 3.63) is 42.2 Å². The number of aryl methyl sites for hydroxylation is 1. The number of unbranched alkanes of at least 4 members (excludes halogenated alkanes) is 1. The highest BCUT2D eigenvalue weighted by Crippen LogP contribution is 2.11. The molecule has 17 heavy (non-hydrogen) atoms. The quantitative estimate of drug-likeness (QED) is 0.767. The summed E-state index contributed by atoms with van der Waals surface area (Å²) < 4.78 is 7.58. The Bertz CT molecular complexity index is 439. The molecule has 2 aromatic rings. The predicted molar refractivity (Wildman–Crippen MR) is 65.7 cm³/mol. The second-order valence-corrected chi connectivity index (χ2v) is 3.90. The largest absolute Gasteiger partial charge is 0.487 e. The van der Waals surface area contributed by atoms with E-state index >= 15 is 0 Å². The molecule has 2 rings (SSSR count). The maximum Gasteiger partial charge on any atom is 0.132 e. The van der Waals surface area contributed by atoms with E-state index in [0.717, 1.165) is 30.8 Å². The van der Waals surface area contributed by atoms with E-state index in [4.69, 9.17) is 4.74 Å². The lowest BCUT2D eigenvalue weighted by Crippen LogP contribution is -2.07. The molecule has 0 spiro atoms. The number of rotatable bonds is 6. The van der Waals surface area contributed by atoms with Gasteiger partial charge in [0.05, 0.1) is 11.9 Å². The zero-order valence-electron chi connectivity index (χ0n) is 10.0. The highest BCUT2D eigenvalue weighted by atomic mass is 16.5. The molecule has 0 fully saturated rings. The summed E-state index contributed by atoms with van der Waals surface area (Å²) in [6.45, 7) is 3.59. The van der Waals surface area contributed by atoms with Gasteiger partial charge in [-0.05, 0) is 18.6 Å². The summed E-state index contributed by atoms with van der Waals surface area (Å²) >= 11 is 0. The second kappa shape index (κ2) is 6.03. The number of para-hydroxylation sites is 1. The van der Waals surface area contributed by atoms with Crippen LogP contribution in [0.4, 0.5) is 0 Å². The fourth-order valence-electron chi connectivity index (χ4n) is 1.56. The van der Waals surface area contributed by atoms with Crippen molar-refractivity contribution in [2.45, 2.75) is 32.9 Å². The first-order valence-electron chi connectivity index (χ1n) is 5.95. The van der Waals surface area contributed by atoms with Crippen molar-refractivity contribution in [2.75, 3.05) is 0 Å². The van der Waals surface area contributed by atoms with Crippen LogP contribution >= 0.6 is 0 Å². The Balaban J connectivity index is 1.92. The maximum absolute atomic E-state index is 5.67. The molecule has 0 aliphatic carbocycles. The molecule has 0 amide bonds. The molecular weight excluding hydrogens is 214 g/mol. The van der Waals surface area contributed by atoms with Crippen LogP contribution in [-0.4, -0.2) is 15.0 Å². The van der Waals surface area contributed by atoms with Gasteiger partial charge in [0, 0.05) is 6.54 Å². The SMILES string of the molecule is CCCCn1nncc1COc1ccccc1. The maximum atomic E-state index is 5.67. The number of ether oxygens (including phenoxy) is 1. The summed E-state index contributed by atoms with van der Waals surface area (Å²) in [5, 5.41) is 7.97. The van der Waals surface area contributed by atoms with Gasteiger partial charge in [0.25, 0.3) is 0 Å². The van der Waals surface area contributed by atoms with E-state index in [0.29, 0.717) is 6.61 Å². The molecule has 0 bridgehead atoms. The Morgan fingerprint density at radius 2 is 2.06 bits per heavy atom. The van der Waals surface area contributed by atoms with Gasteiger partial charge in [-0.3, -0.25) is 0 Å². The molecule has 1 heterocycles. The Kier molecular flexibility index (Phi) is 4.13. The molecule has 4 nitrogen and oxygen atoms in total. The number of hydrogen-bond acceptors (Lipinski definition) is 3. The van der Waals surface area contributed by atoms with Crippen molar-refractivity contribution in [3.63, 3.8) is 0 Å². The highest BCUT2D eigenvalue weighted by molar-refractivity contribution is 5.21. The van der Waals surface area contributed by atoms with Gasteiger partial charge in [0.15, 0.2) is 0 Å². The van der Waals surface area contributed by atoms with E-state index in [2.05, 4.69) is 17.2 Å². The van der Waals surface area contributed by atoms with E-state index in [1.807, 2.05) is 35.0 Å². The summed E-state index contributed by atoms with van der Waals surface area (Å²) in [7, 11) is 0. The summed E-state index contributed by atoms with van der Waals surface area (Å²) in [6.07, 6.45) is 4.03. The van der Waals surface area contributed by atoms with Gasteiger partial charge in [0.1, 0.15) is 12.4 Å². The fourth-order valence-corrected chi connectivity index (χ4v) is 1.56. The average molecular weight is 231 g/mol. The van der Waals surface area contributed by atoms with Crippen LogP contribution in [0.3, 0.4) is 0 Å². The Hall–Kier alpha value is -1.84. The van der Waals surface area contributed by atoms with Gasteiger partial charge in [0.2, 0.25) is 0 Å². The summed E-state index contributed by atoms with van der Waals surface area (Å²) in [5.74, 6) is 0.871. The standard InChI is InChI=1S/C13H17N3O/c1-2-3-9-16-12(10-14-15-16)11-17-13-7-5-4-6-8-13/h4-8,10H,2-3,9,11H2,1H3. The van der Waals surface area contributed by atoms with Crippen molar-refractivity contribution in [1.29, 1.82) is 0 Å². The van der Waals surface area contributed by atoms with E-state index in [9.17, 15) is 0 Å². The van der Waals surface area contributed by atoms with Gasteiger partial charge in [-0.2, -0.15) is 0 Å². The third-order valence-electron chi connectivity index (χ3n) is 2.55. The van der Waals surface area contributed by atoms with Gasteiger partial charge in [-0.15, -0.1) is 5.10 Å². The van der Waals surface area contributed by atoms with Crippen molar-refractivity contribution >= 4 is 0 Å². The molecule has 0 atom stereocenters. The lowest BCUT2D eigenvalue weighted by molar-refractivity contribution is 0.291. The van der Waals surface area contributed by atoms with Crippen LogP contribution in [0.2, 0.25) is 0 Å². The van der Waals surface area contributed by atoms with Crippen LogP contribution in [0.15, 0.2) is 36.5 Å². The number of hydrogen-bond donors (Lipinski definition) is 0. The van der Waals surface area contributed by atoms with Crippen LogP contribution in [0.25, 0.3) is 0 Å². The van der Waals surface area contributed by atoms with Crippen LogP contribution in [0, 0.1) is 0 Å². The van der Waals surface area contributed by atoms with Crippen molar-refractivity contribution < 1.29 is 4.74 Å². The zero-order valence-corrected chi connectivity index (χ0v) is 10.0. The van der Waals surface area contributed by atoms with Gasteiger partial charge < -0.3 is 4.74 Å². The zero-order chi connectivity index (χ0) is 11.9. The Morgan fingerprint density at radius 1 is 1.24 bits per heavy atom. The third-order valence-corrected chi connectivity index (χ3v) is 2.55. The fraction of sp³-hybridized carbons (Fsp3) is 0.385. The summed E-state index contributed by atoms with van der Waals surface area (Å²) in [6, 6.07) is 9.78. The van der Waals surface area contributed by atoms with Crippen molar-refractivity contribution in [2.24, 2.45) is 0 Å². The molecule has 0 radical (unpaired) electrons. The van der Waals surface area contributed by atoms with E-state index in [1.54, 1.807) is 6.20 Å². The lowest BCUT2D eigenvalue weighted by Gasteiger charge is -2.07. The lowest BCUT2D eigenvalue weighted by atomic mass is 10.3. The van der Waals surface area contributed by atoms with Crippen molar-refractivity contribution in [1.82, 2.24) is 15.0 Å².